The first-order chi connectivity index (χ1) is 22.1. The number of carbonyl (C=O) groups is 1. The van der Waals surface area contributed by atoms with Crippen LogP contribution < -0.4 is 5.73 Å². The highest BCUT2D eigenvalue weighted by atomic mass is 16.7. The van der Waals surface area contributed by atoms with Crippen molar-refractivity contribution >= 4 is 5.97 Å². The largest absolute Gasteiger partial charge is 0.459 e. The number of hydrogen-bond donors (Lipinski definition) is 6. The standard InChI is InChI=1S/C36H68N2O10/c1-13-26-36(10,44)31(41)22(7)28(37)18(3)16-35(9,43)32(48-34-30(40)24(38(11)12)15-19(4)45-34)20(5)27(21(6)33(42)47-26)25-14-17(2)29(39)23(8)46-25/h17-32,34,39-41,43-44H,13-16,37H2,1-12H3/t17-,18+,19+,20-,21+,22-,23-,24-,25+,26+,27?,28-,29+,30+,31+,32+,34-,35+,36+/m0/s1. The SMILES string of the molecule is CC[C@H]1OC(=O)[C@H](C)C([C@H]2C[C@H](C)[C@@H](O)[C@H](C)O2)[C@H](C)[C@@H](O[C@@H]2O[C@H](C)C[C@H](N(C)C)[C@H]2O)[C@](C)(O)C[C@@H](C)[C@H](N)[C@H](C)[C@@H](O)[C@]1(C)O. The number of aliphatic hydroxyl groups excluding tert-OH is 3. The molecule has 1 unspecified atom stereocenters. The molecule has 0 spiro atoms. The van der Waals surface area contributed by atoms with Crippen LogP contribution in [0.25, 0.3) is 0 Å². The van der Waals surface area contributed by atoms with Gasteiger partial charge in [0.2, 0.25) is 0 Å². The third kappa shape index (κ3) is 8.74. The minimum Gasteiger partial charge on any atom is -0.459 e. The Morgan fingerprint density at radius 1 is 0.917 bits per heavy atom. The molecular formula is C36H68N2O10. The molecule has 3 fully saturated rings. The van der Waals surface area contributed by atoms with Crippen LogP contribution in [0.5, 0.6) is 0 Å². The minimum absolute atomic E-state index is 0.133. The molecule has 48 heavy (non-hydrogen) atoms. The summed E-state index contributed by atoms with van der Waals surface area (Å²) >= 11 is 0. The van der Waals surface area contributed by atoms with Gasteiger partial charge in [-0.15, -0.1) is 0 Å². The van der Waals surface area contributed by atoms with Crippen molar-refractivity contribution in [3.05, 3.63) is 0 Å². The summed E-state index contributed by atoms with van der Waals surface area (Å²) in [5, 5.41) is 57.8. The Balaban J connectivity index is 2.19. The molecule has 0 bridgehead atoms. The van der Waals surface area contributed by atoms with E-state index < -0.39 is 95.9 Å². The Bertz CT molecular complexity index is 1030. The van der Waals surface area contributed by atoms with Crippen LogP contribution in [0.3, 0.4) is 0 Å². The van der Waals surface area contributed by atoms with Gasteiger partial charge in [-0.3, -0.25) is 4.79 Å². The van der Waals surface area contributed by atoms with Gasteiger partial charge in [0.1, 0.15) is 17.8 Å². The van der Waals surface area contributed by atoms with E-state index in [4.69, 9.17) is 24.7 Å². The molecule has 0 aromatic rings. The van der Waals surface area contributed by atoms with Gasteiger partial charge in [0, 0.05) is 23.9 Å². The van der Waals surface area contributed by atoms with Gasteiger partial charge in [-0.2, -0.15) is 0 Å². The van der Waals surface area contributed by atoms with Crippen LogP contribution in [0.2, 0.25) is 0 Å². The van der Waals surface area contributed by atoms with Crippen LogP contribution >= 0.6 is 0 Å². The molecule has 0 aromatic carbocycles. The summed E-state index contributed by atoms with van der Waals surface area (Å²) in [4.78, 5) is 16.1. The Hall–Kier alpha value is -0.930. The van der Waals surface area contributed by atoms with E-state index in [9.17, 15) is 30.3 Å². The van der Waals surface area contributed by atoms with Gasteiger partial charge in [-0.1, -0.05) is 41.5 Å². The molecule has 3 aliphatic rings. The van der Waals surface area contributed by atoms with E-state index in [0.717, 1.165) is 0 Å². The summed E-state index contributed by atoms with van der Waals surface area (Å²) in [7, 11) is 3.78. The highest BCUT2D eigenvalue weighted by Crippen LogP contribution is 2.44. The molecule has 3 saturated heterocycles. The number of nitrogens with two attached hydrogens (primary N) is 1. The third-order valence-electron chi connectivity index (χ3n) is 12.1. The van der Waals surface area contributed by atoms with Crippen LogP contribution in [0.15, 0.2) is 0 Å². The second kappa shape index (κ2) is 16.2. The number of carbonyl (C=O) groups excluding carboxylic acids is 1. The highest BCUT2D eigenvalue weighted by Gasteiger charge is 2.53. The molecule has 0 radical (unpaired) electrons. The summed E-state index contributed by atoms with van der Waals surface area (Å²) in [6.07, 6.45) is -5.93. The fourth-order valence-corrected chi connectivity index (χ4v) is 8.96. The van der Waals surface area contributed by atoms with Gasteiger partial charge in [0.15, 0.2) is 6.29 Å². The Morgan fingerprint density at radius 3 is 2.06 bits per heavy atom. The molecule has 0 saturated carbocycles. The lowest BCUT2D eigenvalue weighted by Crippen LogP contribution is -2.61. The van der Waals surface area contributed by atoms with Crippen molar-refractivity contribution in [1.29, 1.82) is 0 Å². The fourth-order valence-electron chi connectivity index (χ4n) is 8.96. The van der Waals surface area contributed by atoms with Crippen molar-refractivity contribution in [2.45, 2.75) is 173 Å². The second-order valence-electron chi connectivity index (χ2n) is 16.4. The van der Waals surface area contributed by atoms with Gasteiger partial charge in [0.25, 0.3) is 0 Å². The van der Waals surface area contributed by atoms with Crippen molar-refractivity contribution in [2.24, 2.45) is 41.2 Å². The lowest BCUT2D eigenvalue weighted by atomic mass is 9.68. The Kier molecular flexibility index (Phi) is 14.0. The first-order valence-electron chi connectivity index (χ1n) is 18.1. The molecule has 0 aromatic heterocycles. The van der Waals surface area contributed by atoms with Crippen LogP contribution in [0.4, 0.5) is 0 Å². The summed E-state index contributed by atoms with van der Waals surface area (Å²) in [6, 6.07) is -0.903. The zero-order valence-electron chi connectivity index (χ0n) is 31.4. The van der Waals surface area contributed by atoms with Crippen molar-refractivity contribution in [2.75, 3.05) is 14.1 Å². The third-order valence-corrected chi connectivity index (χ3v) is 12.1. The van der Waals surface area contributed by atoms with E-state index in [1.807, 2.05) is 46.7 Å². The maximum absolute atomic E-state index is 14.1. The lowest BCUT2D eigenvalue weighted by molar-refractivity contribution is -0.301. The Labute approximate surface area is 288 Å². The van der Waals surface area contributed by atoms with E-state index in [1.54, 1.807) is 34.6 Å². The molecule has 0 aliphatic carbocycles. The van der Waals surface area contributed by atoms with Crippen LogP contribution in [0.1, 0.15) is 94.9 Å². The second-order valence-corrected chi connectivity index (χ2v) is 16.4. The number of hydrogen-bond acceptors (Lipinski definition) is 12. The first kappa shape index (κ1) is 41.5. The maximum atomic E-state index is 14.1. The number of rotatable bonds is 5. The van der Waals surface area contributed by atoms with Gasteiger partial charge in [-0.05, 0) is 85.2 Å². The number of ether oxygens (including phenoxy) is 4. The van der Waals surface area contributed by atoms with E-state index in [1.165, 1.54) is 6.92 Å². The lowest BCUT2D eigenvalue weighted by Gasteiger charge is -2.50. The molecule has 3 rings (SSSR count). The quantitative estimate of drug-likeness (QED) is 0.232. The van der Waals surface area contributed by atoms with Crippen LogP contribution in [-0.2, 0) is 23.7 Å². The minimum atomic E-state index is -1.80. The van der Waals surface area contributed by atoms with E-state index >= 15 is 0 Å². The predicted octanol–water partition coefficient (Wildman–Crippen LogP) is 2.05. The normalized spacial score (nSPS) is 52.1. The summed E-state index contributed by atoms with van der Waals surface area (Å²) in [5.74, 6) is -3.67. The van der Waals surface area contributed by atoms with Crippen molar-refractivity contribution < 1.29 is 49.3 Å². The molecule has 12 nitrogen and oxygen atoms in total. The van der Waals surface area contributed by atoms with E-state index in [2.05, 4.69) is 0 Å². The summed E-state index contributed by atoms with van der Waals surface area (Å²) in [5.41, 5.74) is 3.37. The highest BCUT2D eigenvalue weighted by molar-refractivity contribution is 5.73. The van der Waals surface area contributed by atoms with E-state index in [-0.39, 0.29) is 36.8 Å². The zero-order chi connectivity index (χ0) is 36.6. The van der Waals surface area contributed by atoms with Gasteiger partial charge < -0.3 is 55.1 Å². The average molecular weight is 689 g/mol. The molecule has 0 amide bonds. The summed E-state index contributed by atoms with van der Waals surface area (Å²) < 4.78 is 25.4. The molecule has 12 heteroatoms. The number of likely N-dealkylation sites (N-methyl/N-ethyl adjacent to an activating group) is 1. The van der Waals surface area contributed by atoms with Gasteiger partial charge >= 0.3 is 5.97 Å². The van der Waals surface area contributed by atoms with Crippen molar-refractivity contribution in [3.8, 4) is 0 Å². The molecule has 7 N–H and O–H groups in total. The monoisotopic (exact) mass is 688 g/mol. The first-order valence-corrected chi connectivity index (χ1v) is 18.1. The predicted molar refractivity (Wildman–Crippen MR) is 182 cm³/mol. The molecule has 3 aliphatic heterocycles. The number of nitrogens with zero attached hydrogens (tertiary/aromatic N) is 1. The summed E-state index contributed by atoms with van der Waals surface area (Å²) in [6.45, 7) is 17.9. The zero-order valence-corrected chi connectivity index (χ0v) is 31.4. The average Bonchev–Trinajstić information content (AvgIpc) is 2.99. The van der Waals surface area contributed by atoms with Gasteiger partial charge in [-0.25, -0.2) is 0 Å². The van der Waals surface area contributed by atoms with Crippen LogP contribution in [-0.4, -0.2) is 129 Å². The van der Waals surface area contributed by atoms with Gasteiger partial charge in [0.05, 0.1) is 48.1 Å². The molecule has 3 heterocycles. The van der Waals surface area contributed by atoms with Crippen LogP contribution in [0, 0.1) is 35.5 Å². The van der Waals surface area contributed by atoms with E-state index in [0.29, 0.717) is 12.8 Å². The smallest absolute Gasteiger partial charge is 0.309 e. The molecule has 19 atom stereocenters. The van der Waals surface area contributed by atoms with Crippen molar-refractivity contribution in [3.63, 3.8) is 0 Å². The number of esters is 1. The maximum Gasteiger partial charge on any atom is 0.309 e. The number of aliphatic hydroxyl groups is 5. The molecular weight excluding hydrogens is 620 g/mol. The molecule has 282 valence electrons. The number of cyclic esters (lactones) is 1. The fraction of sp³-hybridized carbons (Fsp3) is 0.972. The van der Waals surface area contributed by atoms with Crippen molar-refractivity contribution in [1.82, 2.24) is 4.90 Å². The Morgan fingerprint density at radius 2 is 1.52 bits per heavy atom. The topological polar surface area (TPSA) is 184 Å².